The van der Waals surface area contributed by atoms with Gasteiger partial charge in [0.05, 0.1) is 0 Å². The summed E-state index contributed by atoms with van der Waals surface area (Å²) in [6.07, 6.45) is 5.59. The van der Waals surface area contributed by atoms with E-state index in [2.05, 4.69) is 27.1 Å². The first-order valence-corrected chi connectivity index (χ1v) is 16.6. The molecule has 8 nitrogen and oxygen atoms in total. The summed E-state index contributed by atoms with van der Waals surface area (Å²) < 4.78 is 16.3. The molecule has 0 saturated heterocycles. The van der Waals surface area contributed by atoms with E-state index < -0.39 is 37.9 Å². The second-order valence-corrected chi connectivity index (χ2v) is 14.6. The van der Waals surface area contributed by atoms with E-state index in [1.54, 1.807) is 30.0 Å². The molecule has 0 radical (unpaired) electrons. The van der Waals surface area contributed by atoms with Gasteiger partial charge in [-0.15, -0.1) is 0 Å². The van der Waals surface area contributed by atoms with Crippen molar-refractivity contribution in [2.24, 2.45) is 5.41 Å². The Morgan fingerprint density at radius 2 is 1.89 bits per heavy atom. The minimum absolute atomic E-state index is 0.0265. The molecule has 11 heteroatoms. The maximum atomic E-state index is 13.1. The summed E-state index contributed by atoms with van der Waals surface area (Å²) in [5.41, 5.74) is 0.240. The first-order valence-electron chi connectivity index (χ1n) is 12.4. The molecule has 2 aromatic carbocycles. The molecular weight excluding hydrogens is 623 g/mol. The van der Waals surface area contributed by atoms with Gasteiger partial charge in [-0.1, -0.05) is 0 Å². The summed E-state index contributed by atoms with van der Waals surface area (Å²) in [6, 6.07) is 15.5. The Morgan fingerprint density at radius 1 is 1.19 bits per heavy atom. The van der Waals surface area contributed by atoms with Gasteiger partial charge in [-0.05, 0) is 0 Å². The molecule has 0 aliphatic heterocycles. The van der Waals surface area contributed by atoms with Gasteiger partial charge in [0.2, 0.25) is 0 Å². The van der Waals surface area contributed by atoms with Crippen molar-refractivity contribution < 1.29 is 38.8 Å². The number of halogens is 1. The van der Waals surface area contributed by atoms with E-state index in [0.29, 0.717) is 8.47 Å². The van der Waals surface area contributed by atoms with Crippen LogP contribution in [0, 0.1) is 13.9 Å². The van der Waals surface area contributed by atoms with E-state index in [1.807, 2.05) is 39.2 Å². The predicted octanol–water partition coefficient (Wildman–Crippen LogP) is 1.66. The van der Waals surface area contributed by atoms with Crippen molar-refractivity contribution in [3.8, 4) is 0 Å². The number of thioether (sulfide) groups is 1. The van der Waals surface area contributed by atoms with Crippen LogP contribution in [0.2, 0.25) is 0 Å². The fourth-order valence-electron chi connectivity index (χ4n) is 4.25. The van der Waals surface area contributed by atoms with Crippen molar-refractivity contribution in [2.75, 3.05) is 31.7 Å². The van der Waals surface area contributed by atoms with Crippen molar-refractivity contribution >= 4 is 34.3 Å². The number of anilines is 1. The molecule has 37 heavy (non-hydrogen) atoms. The van der Waals surface area contributed by atoms with Crippen LogP contribution in [0.5, 0.6) is 0 Å². The second kappa shape index (κ2) is 14.5. The Hall–Kier alpha value is -1.70. The second-order valence-electron chi connectivity index (χ2n) is 9.83. The van der Waals surface area contributed by atoms with Gasteiger partial charge in [-0.25, -0.2) is 0 Å². The van der Waals surface area contributed by atoms with E-state index in [4.69, 9.17) is 0 Å². The van der Waals surface area contributed by atoms with Gasteiger partial charge in [0.25, 0.3) is 0 Å². The summed E-state index contributed by atoms with van der Waals surface area (Å²) >= 11 is 0.314. The zero-order chi connectivity index (χ0) is 26.8. The number of rotatable bonds is 13. The molecule has 1 aliphatic carbocycles. The summed E-state index contributed by atoms with van der Waals surface area (Å²) in [4.78, 5) is 28.2. The van der Waals surface area contributed by atoms with E-state index in [-0.39, 0.29) is 15.1 Å². The summed E-state index contributed by atoms with van der Waals surface area (Å²) in [5, 5.41) is 13.1. The van der Waals surface area contributed by atoms with Crippen LogP contribution in [0.15, 0.2) is 58.3 Å². The topological polar surface area (TPSA) is 102 Å². The standard InChI is InChI=1S/C26H37IN4O4S2/c1-26(15-8-5-9-16-26)25(32)29-37(35)22-12-13-24(23(18-22)27-31(33)34)28-20(14-17-30(2)3)19-36-21-10-6-4-7-11-21/h4,6-7,10-13,18,20,28H,5,8-9,14-17,19H2,1-3H3,(H,29,32)(H,33,34)/t20-,37?/m1/s1. The molecule has 0 spiro atoms. The average molecular weight is 661 g/mol. The number of benzene rings is 2. The fraction of sp³-hybridized carbons (Fsp3) is 0.500. The molecule has 3 N–H and O–H groups in total. The van der Waals surface area contributed by atoms with Crippen molar-refractivity contribution in [3.05, 3.63) is 57.0 Å². The van der Waals surface area contributed by atoms with Crippen molar-refractivity contribution in [1.29, 1.82) is 0 Å². The van der Waals surface area contributed by atoms with Gasteiger partial charge in [0, 0.05) is 0 Å². The minimum atomic E-state index is -1.75. The SMILES string of the molecule is CN(C)CC[C@H](CSc1ccccc1)Nc1ccc(S(=O)NC(=O)C2(C)CCCCC2)cc1[I-][N+](=O)O. The average Bonchev–Trinajstić information content (AvgIpc) is 2.87. The number of nitrogens with zero attached hydrogens (tertiary/aromatic N) is 2. The molecule has 1 fully saturated rings. The molecule has 0 aromatic heterocycles. The number of hydrogen-bond acceptors (Lipinski definition) is 6. The third-order valence-electron chi connectivity index (χ3n) is 6.49. The van der Waals surface area contributed by atoms with Crippen LogP contribution in [-0.2, 0) is 15.8 Å². The van der Waals surface area contributed by atoms with E-state index >= 15 is 0 Å². The molecule has 1 aliphatic rings. The fourth-order valence-corrected chi connectivity index (χ4v) is 7.91. The molecule has 0 heterocycles. The zero-order valence-corrected chi connectivity index (χ0v) is 25.4. The molecule has 3 rings (SSSR count). The van der Waals surface area contributed by atoms with Gasteiger partial charge in [0.15, 0.2) is 0 Å². The number of carbonyl (C=O) groups excluding carboxylic acids is 1. The molecule has 1 saturated carbocycles. The van der Waals surface area contributed by atoms with E-state index in [9.17, 15) is 19.1 Å². The van der Waals surface area contributed by atoms with Gasteiger partial charge >= 0.3 is 238 Å². The molecule has 1 unspecified atom stereocenters. The number of amides is 1. The van der Waals surface area contributed by atoms with Crippen LogP contribution < -0.4 is 31.5 Å². The van der Waals surface area contributed by atoms with Crippen LogP contribution >= 0.6 is 11.8 Å². The predicted molar refractivity (Wildman–Crippen MR) is 144 cm³/mol. The Morgan fingerprint density at radius 3 is 2.54 bits per heavy atom. The zero-order valence-electron chi connectivity index (χ0n) is 21.6. The van der Waals surface area contributed by atoms with Crippen molar-refractivity contribution in [2.45, 2.75) is 61.3 Å². The first kappa shape index (κ1) is 29.9. The Labute approximate surface area is 237 Å². The molecular formula is C26H37IN4O4S2. The molecule has 0 bridgehead atoms. The van der Waals surface area contributed by atoms with Crippen molar-refractivity contribution in [1.82, 2.24) is 9.62 Å². The Balaban J connectivity index is 1.75. The van der Waals surface area contributed by atoms with Gasteiger partial charge in [-0.3, -0.25) is 0 Å². The van der Waals surface area contributed by atoms with Gasteiger partial charge in [-0.2, -0.15) is 0 Å². The Bertz CT molecular complexity index is 1080. The monoisotopic (exact) mass is 660 g/mol. The van der Waals surface area contributed by atoms with E-state index in [0.717, 1.165) is 56.5 Å². The van der Waals surface area contributed by atoms with Crippen LogP contribution in [0.1, 0.15) is 45.4 Å². The number of hydrogen-bond donors (Lipinski definition) is 3. The third kappa shape index (κ3) is 9.52. The van der Waals surface area contributed by atoms with Gasteiger partial charge in [0.1, 0.15) is 0 Å². The molecule has 204 valence electrons. The first-order chi connectivity index (χ1) is 17.7. The normalized spacial score (nSPS) is 16.8. The van der Waals surface area contributed by atoms with E-state index in [1.165, 1.54) is 4.90 Å². The summed E-state index contributed by atoms with van der Waals surface area (Å²) in [7, 11) is 2.32. The third-order valence-corrected chi connectivity index (χ3v) is 10.5. The van der Waals surface area contributed by atoms with Crippen LogP contribution in [0.4, 0.5) is 5.69 Å². The van der Waals surface area contributed by atoms with Crippen LogP contribution in [-0.4, -0.2) is 55.8 Å². The number of carbonyl (C=O) groups is 1. The van der Waals surface area contributed by atoms with Gasteiger partial charge < -0.3 is 0 Å². The molecule has 2 aromatic rings. The van der Waals surface area contributed by atoms with Crippen molar-refractivity contribution in [3.63, 3.8) is 0 Å². The number of nitrogens with one attached hydrogen (secondary N) is 2. The summed E-state index contributed by atoms with van der Waals surface area (Å²) in [6.45, 7) is 2.82. The quantitative estimate of drug-likeness (QED) is 0.130. The maximum absolute atomic E-state index is 13.1. The van der Waals surface area contributed by atoms with Crippen LogP contribution in [0.3, 0.4) is 0 Å². The molecule has 1 amide bonds. The van der Waals surface area contributed by atoms with Crippen LogP contribution in [0.25, 0.3) is 0 Å². The molecule has 2 atom stereocenters. The summed E-state index contributed by atoms with van der Waals surface area (Å²) in [5.74, 6) is 0.622. The Kier molecular flexibility index (Phi) is 11.7.